The maximum absolute atomic E-state index is 9.63. The summed E-state index contributed by atoms with van der Waals surface area (Å²) in [5.41, 5.74) is 2.13. The molecule has 1 aliphatic heterocycles. The second kappa shape index (κ2) is 5.38. The van der Waals surface area contributed by atoms with Crippen LogP contribution in [0.3, 0.4) is 0 Å². The van der Waals surface area contributed by atoms with Gasteiger partial charge in [-0.2, -0.15) is 0 Å². The number of ether oxygens (including phenoxy) is 1. The van der Waals surface area contributed by atoms with Gasteiger partial charge in [0.2, 0.25) is 0 Å². The lowest BCUT2D eigenvalue weighted by Crippen LogP contribution is -2.37. The quantitative estimate of drug-likeness (QED) is 0.899. The van der Waals surface area contributed by atoms with Crippen molar-refractivity contribution >= 4 is 11.6 Å². The fourth-order valence-electron chi connectivity index (χ4n) is 2.43. The van der Waals surface area contributed by atoms with E-state index >= 15 is 0 Å². The topological polar surface area (TPSA) is 29.5 Å². The minimum atomic E-state index is -0.142. The molecule has 0 aromatic heterocycles. The number of rotatable bonds is 3. The van der Waals surface area contributed by atoms with E-state index in [1.165, 1.54) is 0 Å². The molecule has 1 fully saturated rings. The van der Waals surface area contributed by atoms with Gasteiger partial charge in [-0.15, -0.1) is 0 Å². The average molecular weight is 255 g/mol. The Balaban J connectivity index is 2.17. The third kappa shape index (κ3) is 3.01. The van der Waals surface area contributed by atoms with Crippen molar-refractivity contribution in [3.63, 3.8) is 0 Å². The third-order valence-electron chi connectivity index (χ3n) is 3.51. The van der Waals surface area contributed by atoms with Crippen LogP contribution in [0.1, 0.15) is 24.0 Å². The monoisotopic (exact) mass is 254 g/mol. The van der Waals surface area contributed by atoms with Gasteiger partial charge in [0, 0.05) is 17.0 Å². The van der Waals surface area contributed by atoms with Crippen LogP contribution in [-0.4, -0.2) is 24.9 Å². The molecule has 1 atom stereocenters. The maximum Gasteiger partial charge on any atom is 0.0547 e. The van der Waals surface area contributed by atoms with Crippen LogP contribution in [0.4, 0.5) is 0 Å². The second-order valence-electron chi connectivity index (χ2n) is 5.09. The highest BCUT2D eigenvalue weighted by Gasteiger charge is 2.33. The number of benzene rings is 1. The highest BCUT2D eigenvalue weighted by Crippen LogP contribution is 2.34. The number of halogens is 1. The molecule has 94 valence electrons. The molecule has 0 radical (unpaired) electrons. The minimum absolute atomic E-state index is 0.142. The van der Waals surface area contributed by atoms with Crippen LogP contribution < -0.4 is 0 Å². The standard InChI is InChI=1S/C14H19ClO2/c1-11-3-4-12(13(15)7-11)8-14(9-16)5-2-6-17-10-14/h3-4,7,16H,2,5-6,8-10H2,1H3. The Morgan fingerprint density at radius 3 is 2.88 bits per heavy atom. The molecule has 0 amide bonds. The van der Waals surface area contributed by atoms with E-state index < -0.39 is 0 Å². The molecule has 1 aliphatic rings. The van der Waals surface area contributed by atoms with Gasteiger partial charge in [-0.25, -0.2) is 0 Å². The molecule has 1 saturated heterocycles. The van der Waals surface area contributed by atoms with Crippen molar-refractivity contribution in [3.05, 3.63) is 34.3 Å². The molecule has 0 saturated carbocycles. The zero-order chi connectivity index (χ0) is 12.3. The molecule has 1 unspecified atom stereocenters. The van der Waals surface area contributed by atoms with Gasteiger partial charge < -0.3 is 9.84 Å². The van der Waals surface area contributed by atoms with Crippen LogP contribution in [0.25, 0.3) is 0 Å². The van der Waals surface area contributed by atoms with Gasteiger partial charge in [0.15, 0.2) is 0 Å². The predicted molar refractivity (Wildman–Crippen MR) is 69.5 cm³/mol. The molecule has 2 nitrogen and oxygen atoms in total. The first-order valence-corrected chi connectivity index (χ1v) is 6.47. The molecule has 2 rings (SSSR count). The van der Waals surface area contributed by atoms with E-state index in [1.807, 2.05) is 13.0 Å². The Morgan fingerprint density at radius 1 is 1.47 bits per heavy atom. The van der Waals surface area contributed by atoms with Crippen molar-refractivity contribution in [1.82, 2.24) is 0 Å². The summed E-state index contributed by atoms with van der Waals surface area (Å²) in [6.07, 6.45) is 2.82. The van der Waals surface area contributed by atoms with Crippen LogP contribution in [0, 0.1) is 12.3 Å². The van der Waals surface area contributed by atoms with Gasteiger partial charge in [-0.1, -0.05) is 23.7 Å². The number of aliphatic hydroxyl groups excluding tert-OH is 1. The number of aliphatic hydroxyl groups is 1. The summed E-state index contributed by atoms with van der Waals surface area (Å²) in [6, 6.07) is 6.10. The molecule has 0 bridgehead atoms. The van der Waals surface area contributed by atoms with Crippen LogP contribution in [0.2, 0.25) is 5.02 Å². The van der Waals surface area contributed by atoms with Crippen LogP contribution >= 0.6 is 11.6 Å². The lowest BCUT2D eigenvalue weighted by Gasteiger charge is -2.35. The fraction of sp³-hybridized carbons (Fsp3) is 0.571. The van der Waals surface area contributed by atoms with Crippen LogP contribution in [0.5, 0.6) is 0 Å². The number of aryl methyl sites for hydroxylation is 1. The van der Waals surface area contributed by atoms with Crippen molar-refractivity contribution in [2.24, 2.45) is 5.41 Å². The lowest BCUT2D eigenvalue weighted by molar-refractivity contribution is -0.0378. The normalized spacial score (nSPS) is 24.9. The first-order chi connectivity index (χ1) is 8.15. The molecule has 1 aromatic rings. The molecule has 1 heterocycles. The zero-order valence-corrected chi connectivity index (χ0v) is 11.0. The SMILES string of the molecule is Cc1ccc(CC2(CO)CCCOC2)c(Cl)c1. The summed E-state index contributed by atoms with van der Waals surface area (Å²) >= 11 is 6.25. The van der Waals surface area contributed by atoms with Crippen LogP contribution in [-0.2, 0) is 11.2 Å². The predicted octanol–water partition coefficient (Wildman–Crippen LogP) is 2.98. The van der Waals surface area contributed by atoms with E-state index in [-0.39, 0.29) is 12.0 Å². The molecular formula is C14H19ClO2. The Morgan fingerprint density at radius 2 is 2.29 bits per heavy atom. The molecule has 1 N–H and O–H groups in total. The number of hydrogen-bond donors (Lipinski definition) is 1. The Hall–Kier alpha value is -0.570. The van der Waals surface area contributed by atoms with Crippen molar-refractivity contribution in [3.8, 4) is 0 Å². The lowest BCUT2D eigenvalue weighted by atomic mass is 9.78. The van der Waals surface area contributed by atoms with Crippen LogP contribution in [0.15, 0.2) is 18.2 Å². The van der Waals surface area contributed by atoms with Gasteiger partial charge >= 0.3 is 0 Å². The van der Waals surface area contributed by atoms with Crippen molar-refractivity contribution in [2.75, 3.05) is 19.8 Å². The van der Waals surface area contributed by atoms with E-state index in [0.29, 0.717) is 6.61 Å². The van der Waals surface area contributed by atoms with Gasteiger partial charge in [-0.3, -0.25) is 0 Å². The largest absolute Gasteiger partial charge is 0.396 e. The smallest absolute Gasteiger partial charge is 0.0547 e. The summed E-state index contributed by atoms with van der Waals surface area (Å²) in [5.74, 6) is 0. The third-order valence-corrected chi connectivity index (χ3v) is 3.87. The van der Waals surface area contributed by atoms with E-state index in [0.717, 1.165) is 42.0 Å². The van der Waals surface area contributed by atoms with Gasteiger partial charge in [0.05, 0.1) is 13.2 Å². The van der Waals surface area contributed by atoms with E-state index in [1.54, 1.807) is 0 Å². The Bertz CT molecular complexity index is 384. The summed E-state index contributed by atoms with van der Waals surface area (Å²) in [6.45, 7) is 3.63. The van der Waals surface area contributed by atoms with Gasteiger partial charge in [0.1, 0.15) is 0 Å². The maximum atomic E-state index is 9.63. The molecule has 0 spiro atoms. The fourth-order valence-corrected chi connectivity index (χ4v) is 2.73. The first-order valence-electron chi connectivity index (χ1n) is 6.09. The summed E-state index contributed by atoms with van der Waals surface area (Å²) < 4.78 is 5.51. The Labute approximate surface area is 108 Å². The number of hydrogen-bond acceptors (Lipinski definition) is 2. The van der Waals surface area contributed by atoms with E-state index in [2.05, 4.69) is 12.1 Å². The second-order valence-corrected chi connectivity index (χ2v) is 5.49. The minimum Gasteiger partial charge on any atom is -0.396 e. The Kier molecular flexibility index (Phi) is 4.08. The van der Waals surface area contributed by atoms with E-state index in [9.17, 15) is 5.11 Å². The summed E-state index contributed by atoms with van der Waals surface area (Å²) in [5, 5.41) is 10.4. The van der Waals surface area contributed by atoms with Crippen molar-refractivity contribution < 1.29 is 9.84 Å². The van der Waals surface area contributed by atoms with Crippen molar-refractivity contribution in [2.45, 2.75) is 26.2 Å². The van der Waals surface area contributed by atoms with E-state index in [4.69, 9.17) is 16.3 Å². The van der Waals surface area contributed by atoms with Gasteiger partial charge in [-0.05, 0) is 43.4 Å². The zero-order valence-electron chi connectivity index (χ0n) is 10.2. The first kappa shape index (κ1) is 12.9. The highest BCUT2D eigenvalue weighted by atomic mass is 35.5. The highest BCUT2D eigenvalue weighted by molar-refractivity contribution is 6.31. The average Bonchev–Trinajstić information content (AvgIpc) is 2.34. The van der Waals surface area contributed by atoms with Gasteiger partial charge in [0.25, 0.3) is 0 Å². The molecule has 17 heavy (non-hydrogen) atoms. The summed E-state index contributed by atoms with van der Waals surface area (Å²) in [7, 11) is 0. The molecule has 1 aromatic carbocycles. The van der Waals surface area contributed by atoms with Crippen molar-refractivity contribution in [1.29, 1.82) is 0 Å². The molecular weight excluding hydrogens is 236 g/mol. The summed E-state index contributed by atoms with van der Waals surface area (Å²) in [4.78, 5) is 0. The molecule has 3 heteroatoms. The molecule has 0 aliphatic carbocycles.